The summed E-state index contributed by atoms with van der Waals surface area (Å²) >= 11 is 1.80. The first-order chi connectivity index (χ1) is 10.3. The standard InChI is InChI=1S/C17H22N2OS/c1-3-18-11-14-15(12-9-10-12)19-17(21-14)16(20-2)13-7-5-4-6-8-13/h4-8,12,16,18H,3,9-11H2,1-2H3. The summed E-state index contributed by atoms with van der Waals surface area (Å²) in [6.45, 7) is 4.05. The van der Waals surface area contributed by atoms with E-state index in [-0.39, 0.29) is 6.10 Å². The van der Waals surface area contributed by atoms with E-state index in [1.54, 1.807) is 18.4 Å². The second-order valence-corrected chi connectivity index (χ2v) is 6.56. The highest BCUT2D eigenvalue weighted by Crippen LogP contribution is 2.44. The van der Waals surface area contributed by atoms with Crippen LogP contribution in [0.1, 0.15) is 52.9 Å². The third-order valence-corrected chi connectivity index (χ3v) is 4.92. The van der Waals surface area contributed by atoms with Gasteiger partial charge in [0, 0.05) is 24.4 Å². The summed E-state index contributed by atoms with van der Waals surface area (Å²) in [5.41, 5.74) is 2.47. The number of hydrogen-bond donors (Lipinski definition) is 1. The predicted octanol–water partition coefficient (Wildman–Crippen LogP) is 3.87. The van der Waals surface area contributed by atoms with E-state index in [0.717, 1.165) is 18.1 Å². The zero-order chi connectivity index (χ0) is 14.7. The number of ether oxygens (including phenoxy) is 1. The second kappa shape index (κ2) is 6.69. The maximum absolute atomic E-state index is 5.72. The molecule has 21 heavy (non-hydrogen) atoms. The van der Waals surface area contributed by atoms with E-state index in [2.05, 4.69) is 36.5 Å². The first-order valence-corrected chi connectivity index (χ1v) is 8.43. The number of benzene rings is 1. The second-order valence-electron chi connectivity index (χ2n) is 5.44. The minimum absolute atomic E-state index is 0.0518. The summed E-state index contributed by atoms with van der Waals surface area (Å²) < 4.78 is 5.72. The van der Waals surface area contributed by atoms with Crippen molar-refractivity contribution in [2.75, 3.05) is 13.7 Å². The van der Waals surface area contributed by atoms with Gasteiger partial charge in [0.05, 0.1) is 5.69 Å². The van der Waals surface area contributed by atoms with Crippen LogP contribution in [0.3, 0.4) is 0 Å². The maximum atomic E-state index is 5.72. The van der Waals surface area contributed by atoms with Crippen LogP contribution in [0.25, 0.3) is 0 Å². The van der Waals surface area contributed by atoms with Crippen LogP contribution in [0, 0.1) is 0 Å². The Bertz CT molecular complexity index is 578. The van der Waals surface area contributed by atoms with E-state index in [0.29, 0.717) is 5.92 Å². The zero-order valence-corrected chi connectivity index (χ0v) is 13.5. The molecule has 1 atom stereocenters. The fourth-order valence-electron chi connectivity index (χ4n) is 2.54. The Morgan fingerprint density at radius 2 is 2.10 bits per heavy atom. The lowest BCUT2D eigenvalue weighted by Crippen LogP contribution is -2.11. The molecule has 0 amide bonds. The molecule has 0 saturated heterocycles. The molecule has 2 aromatic rings. The molecule has 1 aliphatic carbocycles. The summed E-state index contributed by atoms with van der Waals surface area (Å²) in [5, 5.41) is 4.51. The molecule has 0 bridgehead atoms. The monoisotopic (exact) mass is 302 g/mol. The number of rotatable bonds is 7. The van der Waals surface area contributed by atoms with Gasteiger partial charge in [-0.25, -0.2) is 4.98 Å². The number of aromatic nitrogens is 1. The Balaban J connectivity index is 1.89. The Hall–Kier alpha value is -1.23. The largest absolute Gasteiger partial charge is 0.370 e. The highest BCUT2D eigenvalue weighted by Gasteiger charge is 2.31. The van der Waals surface area contributed by atoms with Crippen molar-refractivity contribution in [2.24, 2.45) is 0 Å². The number of nitrogens with zero attached hydrogens (tertiary/aromatic N) is 1. The average molecular weight is 302 g/mol. The van der Waals surface area contributed by atoms with Gasteiger partial charge in [0.25, 0.3) is 0 Å². The molecule has 0 aliphatic heterocycles. The third-order valence-electron chi connectivity index (χ3n) is 3.81. The topological polar surface area (TPSA) is 34.1 Å². The zero-order valence-electron chi connectivity index (χ0n) is 12.6. The van der Waals surface area contributed by atoms with Crippen molar-refractivity contribution in [3.05, 3.63) is 51.5 Å². The lowest BCUT2D eigenvalue weighted by atomic mass is 10.1. The quantitative estimate of drug-likeness (QED) is 0.843. The predicted molar refractivity (Wildman–Crippen MR) is 86.8 cm³/mol. The molecule has 3 rings (SSSR count). The molecule has 1 N–H and O–H groups in total. The molecule has 0 spiro atoms. The van der Waals surface area contributed by atoms with Gasteiger partial charge in [0.1, 0.15) is 11.1 Å². The lowest BCUT2D eigenvalue weighted by molar-refractivity contribution is 0.136. The van der Waals surface area contributed by atoms with Gasteiger partial charge in [0.2, 0.25) is 0 Å². The summed E-state index contributed by atoms with van der Waals surface area (Å²) in [4.78, 5) is 6.31. The van der Waals surface area contributed by atoms with E-state index in [1.165, 1.54) is 29.0 Å². The highest BCUT2D eigenvalue weighted by atomic mass is 32.1. The van der Waals surface area contributed by atoms with Crippen LogP contribution in [0.4, 0.5) is 0 Å². The van der Waals surface area contributed by atoms with E-state index in [9.17, 15) is 0 Å². The van der Waals surface area contributed by atoms with E-state index in [4.69, 9.17) is 9.72 Å². The summed E-state index contributed by atoms with van der Waals surface area (Å²) in [6.07, 6.45) is 2.51. The minimum Gasteiger partial charge on any atom is -0.370 e. The Labute approximate surface area is 130 Å². The van der Waals surface area contributed by atoms with Crippen LogP contribution in [-0.4, -0.2) is 18.6 Å². The summed E-state index contributed by atoms with van der Waals surface area (Å²) in [5.74, 6) is 0.678. The van der Waals surface area contributed by atoms with E-state index >= 15 is 0 Å². The third kappa shape index (κ3) is 3.34. The Morgan fingerprint density at radius 3 is 2.71 bits per heavy atom. The molecule has 1 fully saturated rings. The van der Waals surface area contributed by atoms with Crippen LogP contribution in [0.15, 0.2) is 30.3 Å². The van der Waals surface area contributed by atoms with Crippen molar-refractivity contribution in [2.45, 2.75) is 38.3 Å². The molecule has 0 radical (unpaired) electrons. The maximum Gasteiger partial charge on any atom is 0.134 e. The summed E-state index contributed by atoms with van der Waals surface area (Å²) in [7, 11) is 1.76. The smallest absolute Gasteiger partial charge is 0.134 e. The van der Waals surface area contributed by atoms with Gasteiger partial charge in [-0.3, -0.25) is 0 Å². The van der Waals surface area contributed by atoms with Crippen LogP contribution in [0.5, 0.6) is 0 Å². The molecule has 1 aliphatic rings. The number of methoxy groups -OCH3 is 1. The number of nitrogens with one attached hydrogen (secondary N) is 1. The van der Waals surface area contributed by atoms with Crippen LogP contribution in [-0.2, 0) is 11.3 Å². The average Bonchev–Trinajstić information content (AvgIpc) is 3.28. The Kier molecular flexibility index (Phi) is 4.68. The summed E-state index contributed by atoms with van der Waals surface area (Å²) in [6, 6.07) is 10.4. The van der Waals surface area contributed by atoms with Gasteiger partial charge in [-0.05, 0) is 24.9 Å². The van der Waals surface area contributed by atoms with Crippen LogP contribution >= 0.6 is 11.3 Å². The van der Waals surface area contributed by atoms with Crippen LogP contribution in [0.2, 0.25) is 0 Å². The number of thiazole rings is 1. The normalized spacial score (nSPS) is 16.1. The van der Waals surface area contributed by atoms with Crippen LogP contribution < -0.4 is 5.32 Å². The first kappa shape index (κ1) is 14.7. The SMILES string of the molecule is CCNCc1sc(C(OC)c2ccccc2)nc1C1CC1. The van der Waals surface area contributed by atoms with Crippen molar-refractivity contribution in [1.29, 1.82) is 0 Å². The van der Waals surface area contributed by atoms with E-state index in [1.807, 2.05) is 6.07 Å². The molecule has 4 heteroatoms. The molecule has 1 aromatic heterocycles. The fourth-order valence-corrected chi connectivity index (χ4v) is 3.77. The molecule has 3 nitrogen and oxygen atoms in total. The minimum atomic E-state index is -0.0518. The molecule has 1 aromatic carbocycles. The van der Waals surface area contributed by atoms with Gasteiger partial charge in [-0.2, -0.15) is 0 Å². The highest BCUT2D eigenvalue weighted by molar-refractivity contribution is 7.11. The van der Waals surface area contributed by atoms with E-state index < -0.39 is 0 Å². The molecular formula is C17H22N2OS. The van der Waals surface area contributed by atoms with Gasteiger partial charge < -0.3 is 10.1 Å². The molecule has 1 unspecified atom stereocenters. The van der Waals surface area contributed by atoms with Crippen molar-refractivity contribution in [3.63, 3.8) is 0 Å². The van der Waals surface area contributed by atoms with Gasteiger partial charge in [0.15, 0.2) is 0 Å². The fraction of sp³-hybridized carbons (Fsp3) is 0.471. The first-order valence-electron chi connectivity index (χ1n) is 7.61. The van der Waals surface area contributed by atoms with Gasteiger partial charge >= 0.3 is 0 Å². The molecular weight excluding hydrogens is 280 g/mol. The molecule has 1 heterocycles. The number of hydrogen-bond acceptors (Lipinski definition) is 4. The van der Waals surface area contributed by atoms with Crippen molar-refractivity contribution < 1.29 is 4.74 Å². The van der Waals surface area contributed by atoms with Gasteiger partial charge in [-0.15, -0.1) is 11.3 Å². The van der Waals surface area contributed by atoms with Crippen molar-refractivity contribution >= 4 is 11.3 Å². The van der Waals surface area contributed by atoms with Crippen molar-refractivity contribution in [3.8, 4) is 0 Å². The lowest BCUT2D eigenvalue weighted by Gasteiger charge is -2.12. The van der Waals surface area contributed by atoms with Crippen molar-refractivity contribution in [1.82, 2.24) is 10.3 Å². The Morgan fingerprint density at radius 1 is 1.33 bits per heavy atom. The van der Waals surface area contributed by atoms with Gasteiger partial charge in [-0.1, -0.05) is 37.3 Å². The molecule has 112 valence electrons. The molecule has 1 saturated carbocycles.